The lowest BCUT2D eigenvalue weighted by molar-refractivity contribution is 0.0917. The normalized spacial score (nSPS) is 24.9. The summed E-state index contributed by atoms with van der Waals surface area (Å²) in [5.74, 6) is 0. The molecule has 4 heteroatoms. The van der Waals surface area contributed by atoms with Crippen molar-refractivity contribution in [1.82, 2.24) is 14.7 Å². The summed E-state index contributed by atoms with van der Waals surface area (Å²) in [5.41, 5.74) is 8.04. The summed E-state index contributed by atoms with van der Waals surface area (Å²) >= 11 is 0. The van der Waals surface area contributed by atoms with Crippen molar-refractivity contribution in [2.24, 2.45) is 12.8 Å². The zero-order chi connectivity index (χ0) is 13.3. The molecule has 1 aromatic heterocycles. The van der Waals surface area contributed by atoms with Crippen LogP contribution in [0.25, 0.3) is 0 Å². The van der Waals surface area contributed by atoms with Gasteiger partial charge in [0.15, 0.2) is 0 Å². The predicted octanol–water partition coefficient (Wildman–Crippen LogP) is 1.70. The van der Waals surface area contributed by atoms with Crippen LogP contribution in [0.5, 0.6) is 0 Å². The fraction of sp³-hybridized carbons (Fsp3) is 0.800. The monoisotopic (exact) mass is 262 g/mol. The molecule has 2 heterocycles. The molecule has 2 N–H and O–H groups in total. The van der Waals surface area contributed by atoms with Crippen molar-refractivity contribution >= 4 is 0 Å². The second-order valence-electron chi connectivity index (χ2n) is 6.30. The Bertz CT molecular complexity index is 414. The van der Waals surface area contributed by atoms with Gasteiger partial charge in [0, 0.05) is 31.2 Å². The van der Waals surface area contributed by atoms with Gasteiger partial charge in [-0.2, -0.15) is 5.10 Å². The third-order valence-corrected chi connectivity index (χ3v) is 5.09. The zero-order valence-electron chi connectivity index (χ0n) is 12.0. The van der Waals surface area contributed by atoms with Crippen LogP contribution < -0.4 is 5.73 Å². The van der Waals surface area contributed by atoms with Crippen LogP contribution >= 0.6 is 0 Å². The van der Waals surface area contributed by atoms with Gasteiger partial charge in [0.05, 0.1) is 5.69 Å². The van der Waals surface area contributed by atoms with Gasteiger partial charge in [-0.15, -0.1) is 0 Å². The predicted molar refractivity (Wildman–Crippen MR) is 76.9 cm³/mol. The van der Waals surface area contributed by atoms with Gasteiger partial charge in [0.25, 0.3) is 0 Å². The first-order chi connectivity index (χ1) is 9.21. The lowest BCUT2D eigenvalue weighted by atomic mass is 9.84. The summed E-state index contributed by atoms with van der Waals surface area (Å²) in [6, 6.07) is 2.33. The van der Waals surface area contributed by atoms with Crippen molar-refractivity contribution in [2.75, 3.05) is 13.1 Å². The number of nitrogens with two attached hydrogens (primary N) is 1. The Balaban J connectivity index is 1.75. The fourth-order valence-corrected chi connectivity index (χ4v) is 4.06. The highest BCUT2D eigenvalue weighted by molar-refractivity contribution is 5.10. The van der Waals surface area contributed by atoms with Gasteiger partial charge in [-0.1, -0.05) is 12.8 Å². The highest BCUT2D eigenvalue weighted by atomic mass is 15.3. The number of rotatable bonds is 4. The molecular formula is C15H26N4. The van der Waals surface area contributed by atoms with Gasteiger partial charge in [-0.3, -0.25) is 9.58 Å². The second-order valence-corrected chi connectivity index (χ2v) is 6.30. The molecule has 3 rings (SSSR count). The van der Waals surface area contributed by atoms with Gasteiger partial charge < -0.3 is 5.73 Å². The molecule has 0 bridgehead atoms. The molecule has 19 heavy (non-hydrogen) atoms. The Kier molecular flexibility index (Phi) is 3.63. The molecule has 106 valence electrons. The molecule has 1 saturated carbocycles. The van der Waals surface area contributed by atoms with Crippen molar-refractivity contribution in [3.8, 4) is 0 Å². The molecule has 0 amide bonds. The van der Waals surface area contributed by atoms with Crippen LogP contribution in [0.3, 0.4) is 0 Å². The maximum Gasteiger partial charge on any atom is 0.0640 e. The van der Waals surface area contributed by atoms with Crippen molar-refractivity contribution in [3.63, 3.8) is 0 Å². The molecule has 1 aliphatic carbocycles. The largest absolute Gasteiger partial charge is 0.326 e. The number of aromatic nitrogens is 2. The molecule has 2 aliphatic rings. The average molecular weight is 262 g/mol. The molecule has 1 aliphatic heterocycles. The van der Waals surface area contributed by atoms with Crippen LogP contribution in [0.15, 0.2) is 12.3 Å². The van der Waals surface area contributed by atoms with Crippen molar-refractivity contribution in [3.05, 3.63) is 18.0 Å². The standard InChI is InChI=1S/C15H26N4/c1-18-11-6-13(17-18)12-14(16)15(7-2-3-8-15)19-9-4-5-10-19/h6,11,14H,2-5,7-10,12,16H2,1H3. The lowest BCUT2D eigenvalue weighted by Crippen LogP contribution is -2.58. The van der Waals surface area contributed by atoms with Gasteiger partial charge in [0.2, 0.25) is 0 Å². The van der Waals surface area contributed by atoms with E-state index < -0.39 is 0 Å². The number of nitrogens with zero attached hydrogens (tertiary/aromatic N) is 3. The molecule has 1 aromatic rings. The number of hydrogen-bond acceptors (Lipinski definition) is 3. The Morgan fingerprint density at radius 3 is 2.53 bits per heavy atom. The van der Waals surface area contributed by atoms with Crippen LogP contribution in [0, 0.1) is 0 Å². The highest BCUT2D eigenvalue weighted by Crippen LogP contribution is 2.40. The zero-order valence-corrected chi connectivity index (χ0v) is 12.0. The van der Waals surface area contributed by atoms with E-state index in [-0.39, 0.29) is 11.6 Å². The number of hydrogen-bond donors (Lipinski definition) is 1. The van der Waals surface area contributed by atoms with Crippen LogP contribution in [-0.2, 0) is 13.5 Å². The first-order valence-electron chi connectivity index (χ1n) is 7.70. The molecule has 4 nitrogen and oxygen atoms in total. The van der Waals surface area contributed by atoms with E-state index in [9.17, 15) is 0 Å². The van der Waals surface area contributed by atoms with Crippen LogP contribution in [-0.4, -0.2) is 39.4 Å². The van der Waals surface area contributed by atoms with Gasteiger partial charge in [0.1, 0.15) is 0 Å². The van der Waals surface area contributed by atoms with E-state index >= 15 is 0 Å². The van der Waals surface area contributed by atoms with Crippen molar-refractivity contribution in [2.45, 2.75) is 56.5 Å². The third kappa shape index (κ3) is 2.43. The smallest absolute Gasteiger partial charge is 0.0640 e. The molecule has 2 fully saturated rings. The Morgan fingerprint density at radius 1 is 1.26 bits per heavy atom. The average Bonchev–Trinajstić information content (AvgIpc) is 3.09. The van der Waals surface area contributed by atoms with Gasteiger partial charge in [-0.05, 0) is 44.8 Å². The SMILES string of the molecule is Cn1ccc(CC(N)C2(N3CCCC3)CCCC2)n1. The number of aryl methyl sites for hydroxylation is 1. The fourth-order valence-electron chi connectivity index (χ4n) is 4.06. The number of likely N-dealkylation sites (tertiary alicyclic amines) is 1. The van der Waals surface area contributed by atoms with E-state index in [1.54, 1.807) is 0 Å². The Morgan fingerprint density at radius 2 is 1.95 bits per heavy atom. The first-order valence-corrected chi connectivity index (χ1v) is 7.70. The maximum absolute atomic E-state index is 6.64. The molecular weight excluding hydrogens is 236 g/mol. The summed E-state index contributed by atoms with van der Waals surface area (Å²) in [5, 5.41) is 4.50. The summed E-state index contributed by atoms with van der Waals surface area (Å²) < 4.78 is 1.87. The van der Waals surface area contributed by atoms with Crippen LogP contribution in [0.4, 0.5) is 0 Å². The second kappa shape index (κ2) is 5.25. The van der Waals surface area contributed by atoms with Crippen LogP contribution in [0.1, 0.15) is 44.2 Å². The molecule has 1 unspecified atom stereocenters. The van der Waals surface area contributed by atoms with E-state index in [1.165, 1.54) is 51.6 Å². The summed E-state index contributed by atoms with van der Waals surface area (Å²) in [6.07, 6.45) is 10.9. The minimum Gasteiger partial charge on any atom is -0.326 e. The Hall–Kier alpha value is -0.870. The van der Waals surface area contributed by atoms with Gasteiger partial charge in [-0.25, -0.2) is 0 Å². The highest BCUT2D eigenvalue weighted by Gasteiger charge is 2.45. The van der Waals surface area contributed by atoms with E-state index in [4.69, 9.17) is 5.73 Å². The third-order valence-electron chi connectivity index (χ3n) is 5.09. The maximum atomic E-state index is 6.64. The molecule has 1 saturated heterocycles. The van der Waals surface area contributed by atoms with E-state index in [1.807, 2.05) is 17.9 Å². The van der Waals surface area contributed by atoms with Crippen LogP contribution in [0.2, 0.25) is 0 Å². The summed E-state index contributed by atoms with van der Waals surface area (Å²) in [7, 11) is 1.97. The molecule has 1 atom stereocenters. The molecule has 0 aromatic carbocycles. The molecule has 0 spiro atoms. The first kappa shape index (κ1) is 13.1. The quantitative estimate of drug-likeness (QED) is 0.898. The lowest BCUT2D eigenvalue weighted by Gasteiger charge is -2.43. The minimum atomic E-state index is 0.225. The van der Waals surface area contributed by atoms with E-state index in [0.717, 1.165) is 12.1 Å². The topological polar surface area (TPSA) is 47.1 Å². The summed E-state index contributed by atoms with van der Waals surface area (Å²) in [4.78, 5) is 2.69. The minimum absolute atomic E-state index is 0.225. The summed E-state index contributed by atoms with van der Waals surface area (Å²) in [6.45, 7) is 2.49. The van der Waals surface area contributed by atoms with Gasteiger partial charge >= 0.3 is 0 Å². The van der Waals surface area contributed by atoms with Crippen molar-refractivity contribution < 1.29 is 0 Å². The van der Waals surface area contributed by atoms with E-state index in [2.05, 4.69) is 16.1 Å². The Labute approximate surface area is 116 Å². The van der Waals surface area contributed by atoms with Crippen molar-refractivity contribution in [1.29, 1.82) is 0 Å². The molecule has 0 radical (unpaired) electrons. The van der Waals surface area contributed by atoms with E-state index in [0.29, 0.717) is 0 Å².